The van der Waals surface area contributed by atoms with E-state index in [-0.39, 0.29) is 6.61 Å². The smallest absolute Gasteiger partial charge is 0.123 e. The van der Waals surface area contributed by atoms with Gasteiger partial charge in [0, 0.05) is 25.4 Å². The largest absolute Gasteiger partial charge is 0.396 e. The fraction of sp³-hybridized carbons (Fsp3) is 0.500. The van der Waals surface area contributed by atoms with E-state index in [4.69, 9.17) is 5.11 Å². The fourth-order valence-electron chi connectivity index (χ4n) is 2.19. The van der Waals surface area contributed by atoms with E-state index in [1.807, 2.05) is 25.2 Å². The number of benzene rings is 1. The average molecular weight is 279 g/mol. The van der Waals surface area contributed by atoms with Crippen LogP contribution >= 0.6 is 11.8 Å². The summed E-state index contributed by atoms with van der Waals surface area (Å²) in [6.45, 7) is 0.956. The molecule has 0 aliphatic carbocycles. The molecule has 0 bridgehead atoms. The Kier molecular flexibility index (Phi) is 5.24. The molecule has 0 saturated heterocycles. The van der Waals surface area contributed by atoms with Crippen LogP contribution in [-0.4, -0.2) is 39.3 Å². The van der Waals surface area contributed by atoms with Crippen LogP contribution < -0.4 is 5.32 Å². The Labute approximate surface area is 118 Å². The zero-order chi connectivity index (χ0) is 13.7. The molecule has 2 N–H and O–H groups in total. The standard InChI is InChI=1S/C14H21N3OS/c1-17-13-6-4-3-5-12(13)16-14(17)9-15-11(7-8-18)10-19-2/h3-6,11,15,18H,7-10H2,1-2H3. The number of aryl methyl sites for hydroxylation is 1. The average Bonchev–Trinajstić information content (AvgIpc) is 2.74. The van der Waals surface area contributed by atoms with Crippen LogP contribution in [0.2, 0.25) is 0 Å². The highest BCUT2D eigenvalue weighted by Gasteiger charge is 2.10. The van der Waals surface area contributed by atoms with Crippen molar-refractivity contribution in [3.8, 4) is 0 Å². The summed E-state index contributed by atoms with van der Waals surface area (Å²) < 4.78 is 2.12. The fourth-order valence-corrected chi connectivity index (χ4v) is 2.88. The molecule has 1 heterocycles. The van der Waals surface area contributed by atoms with Crippen LogP contribution in [0.15, 0.2) is 24.3 Å². The Balaban J connectivity index is 2.06. The van der Waals surface area contributed by atoms with Crippen LogP contribution in [0.25, 0.3) is 11.0 Å². The van der Waals surface area contributed by atoms with Crippen molar-refractivity contribution in [1.82, 2.24) is 14.9 Å². The molecular weight excluding hydrogens is 258 g/mol. The predicted molar refractivity (Wildman–Crippen MR) is 81.4 cm³/mol. The molecule has 1 aromatic carbocycles. The number of aliphatic hydroxyl groups excluding tert-OH is 1. The summed E-state index contributed by atoms with van der Waals surface area (Å²) in [5.74, 6) is 2.04. The molecule has 0 fully saturated rings. The van der Waals surface area contributed by atoms with Crippen molar-refractivity contribution in [1.29, 1.82) is 0 Å². The van der Waals surface area contributed by atoms with Crippen LogP contribution in [0, 0.1) is 0 Å². The molecule has 0 saturated carbocycles. The van der Waals surface area contributed by atoms with Gasteiger partial charge in [0.05, 0.1) is 17.6 Å². The molecule has 0 amide bonds. The molecule has 2 aromatic rings. The third kappa shape index (κ3) is 3.49. The van der Waals surface area contributed by atoms with Crippen molar-refractivity contribution in [3.63, 3.8) is 0 Å². The van der Waals surface area contributed by atoms with Gasteiger partial charge < -0.3 is 15.0 Å². The van der Waals surface area contributed by atoms with Crippen LogP contribution in [-0.2, 0) is 13.6 Å². The number of hydrogen-bond acceptors (Lipinski definition) is 4. The van der Waals surface area contributed by atoms with Crippen molar-refractivity contribution < 1.29 is 5.11 Å². The monoisotopic (exact) mass is 279 g/mol. The maximum atomic E-state index is 9.06. The van der Waals surface area contributed by atoms with E-state index in [9.17, 15) is 0 Å². The summed E-state index contributed by atoms with van der Waals surface area (Å²) in [5, 5.41) is 12.5. The van der Waals surface area contributed by atoms with Gasteiger partial charge >= 0.3 is 0 Å². The summed E-state index contributed by atoms with van der Waals surface area (Å²) in [7, 11) is 2.04. The first kappa shape index (κ1) is 14.4. The van der Waals surface area contributed by atoms with Gasteiger partial charge in [-0.2, -0.15) is 11.8 Å². The second-order valence-electron chi connectivity index (χ2n) is 4.62. The van der Waals surface area contributed by atoms with Crippen LogP contribution in [0.5, 0.6) is 0 Å². The number of hydrogen-bond donors (Lipinski definition) is 2. The van der Waals surface area contributed by atoms with Crippen LogP contribution in [0.1, 0.15) is 12.2 Å². The van der Waals surface area contributed by atoms with Gasteiger partial charge in [-0.25, -0.2) is 4.98 Å². The minimum Gasteiger partial charge on any atom is -0.396 e. The number of aromatic nitrogens is 2. The van der Waals surface area contributed by atoms with E-state index in [1.54, 1.807) is 11.8 Å². The number of nitrogens with zero attached hydrogens (tertiary/aromatic N) is 2. The number of fused-ring (bicyclic) bond motifs is 1. The molecule has 4 nitrogen and oxygen atoms in total. The molecule has 104 valence electrons. The topological polar surface area (TPSA) is 50.1 Å². The lowest BCUT2D eigenvalue weighted by atomic mass is 10.2. The molecule has 0 spiro atoms. The SMILES string of the molecule is CSCC(CCO)NCc1nc2ccccc2n1C. The second-order valence-corrected chi connectivity index (χ2v) is 5.53. The molecule has 0 aliphatic heterocycles. The second kappa shape index (κ2) is 6.93. The quantitative estimate of drug-likeness (QED) is 0.811. The Morgan fingerprint density at radius 2 is 2.21 bits per heavy atom. The highest BCUT2D eigenvalue weighted by Crippen LogP contribution is 2.14. The minimum absolute atomic E-state index is 0.223. The Hall–Kier alpha value is -1.04. The van der Waals surface area contributed by atoms with Crippen molar-refractivity contribution in [3.05, 3.63) is 30.1 Å². The number of rotatable bonds is 7. The van der Waals surface area contributed by atoms with E-state index < -0.39 is 0 Å². The number of para-hydroxylation sites is 2. The van der Waals surface area contributed by atoms with E-state index in [1.165, 1.54) is 0 Å². The summed E-state index contributed by atoms with van der Waals surface area (Å²) >= 11 is 1.79. The highest BCUT2D eigenvalue weighted by atomic mass is 32.2. The lowest BCUT2D eigenvalue weighted by Gasteiger charge is -2.16. The van der Waals surface area contributed by atoms with Crippen molar-refractivity contribution in [2.45, 2.75) is 19.0 Å². The maximum absolute atomic E-state index is 9.06. The normalized spacial score (nSPS) is 13.0. The summed E-state index contributed by atoms with van der Waals surface area (Å²) in [6.07, 6.45) is 2.87. The highest BCUT2D eigenvalue weighted by molar-refractivity contribution is 7.98. The zero-order valence-electron chi connectivity index (χ0n) is 11.5. The zero-order valence-corrected chi connectivity index (χ0v) is 12.3. The van der Waals surface area contributed by atoms with Crippen molar-refractivity contribution in [2.24, 2.45) is 7.05 Å². The molecule has 1 unspecified atom stereocenters. The van der Waals surface area contributed by atoms with E-state index in [2.05, 4.69) is 27.2 Å². The van der Waals surface area contributed by atoms with Gasteiger partial charge in [-0.3, -0.25) is 0 Å². The van der Waals surface area contributed by atoms with Crippen molar-refractivity contribution >= 4 is 22.8 Å². The maximum Gasteiger partial charge on any atom is 0.123 e. The molecule has 2 rings (SSSR count). The van der Waals surface area contributed by atoms with Gasteiger partial charge in [0.1, 0.15) is 5.82 Å². The summed E-state index contributed by atoms with van der Waals surface area (Å²) in [5.41, 5.74) is 2.19. The van der Waals surface area contributed by atoms with E-state index in [0.29, 0.717) is 6.04 Å². The predicted octanol–water partition coefficient (Wildman–Crippen LogP) is 1.78. The number of nitrogens with one attached hydrogen (secondary N) is 1. The molecule has 5 heteroatoms. The van der Waals surface area contributed by atoms with Gasteiger partial charge in [-0.05, 0) is 24.8 Å². The summed E-state index contributed by atoms with van der Waals surface area (Å²) in [4.78, 5) is 4.64. The Morgan fingerprint density at radius 3 is 2.89 bits per heavy atom. The van der Waals surface area contributed by atoms with Gasteiger partial charge in [-0.15, -0.1) is 0 Å². The molecule has 0 aliphatic rings. The minimum atomic E-state index is 0.223. The lowest BCUT2D eigenvalue weighted by molar-refractivity contribution is 0.269. The van der Waals surface area contributed by atoms with Gasteiger partial charge in [0.15, 0.2) is 0 Å². The van der Waals surface area contributed by atoms with E-state index >= 15 is 0 Å². The van der Waals surface area contributed by atoms with Crippen LogP contribution in [0.3, 0.4) is 0 Å². The van der Waals surface area contributed by atoms with E-state index in [0.717, 1.165) is 35.6 Å². The van der Waals surface area contributed by atoms with Crippen LogP contribution in [0.4, 0.5) is 0 Å². The molecule has 0 radical (unpaired) electrons. The van der Waals surface area contributed by atoms with Gasteiger partial charge in [-0.1, -0.05) is 12.1 Å². The molecule has 1 atom stereocenters. The lowest BCUT2D eigenvalue weighted by Crippen LogP contribution is -2.32. The molecule has 1 aromatic heterocycles. The first-order valence-electron chi connectivity index (χ1n) is 6.49. The number of thioether (sulfide) groups is 1. The Bertz CT molecular complexity index is 520. The summed E-state index contributed by atoms with van der Waals surface area (Å²) in [6, 6.07) is 8.49. The van der Waals surface area contributed by atoms with Crippen molar-refractivity contribution in [2.75, 3.05) is 18.6 Å². The van der Waals surface area contributed by atoms with Gasteiger partial charge in [0.25, 0.3) is 0 Å². The Morgan fingerprint density at radius 1 is 1.42 bits per heavy atom. The third-order valence-electron chi connectivity index (χ3n) is 3.27. The molecular formula is C14H21N3OS. The molecule has 19 heavy (non-hydrogen) atoms. The number of imidazole rings is 1. The first-order chi connectivity index (χ1) is 9.26. The first-order valence-corrected chi connectivity index (χ1v) is 7.89. The van der Waals surface area contributed by atoms with Gasteiger partial charge in [0.2, 0.25) is 0 Å². The number of aliphatic hydroxyl groups is 1. The third-order valence-corrected chi connectivity index (χ3v) is 4.01.